The van der Waals surface area contributed by atoms with Crippen LogP contribution in [0.4, 0.5) is 0 Å². The first-order valence-corrected chi connectivity index (χ1v) is 6.84. The van der Waals surface area contributed by atoms with Crippen LogP contribution >= 0.6 is 0 Å². The van der Waals surface area contributed by atoms with E-state index in [1.807, 2.05) is 24.3 Å². The quantitative estimate of drug-likeness (QED) is 0.870. The number of ether oxygens (including phenoxy) is 1. The number of methoxy groups -OCH3 is 1. The number of likely N-dealkylation sites (tertiary alicyclic amines) is 1. The van der Waals surface area contributed by atoms with Crippen LogP contribution in [0, 0.1) is 0 Å². The fourth-order valence-electron chi connectivity index (χ4n) is 2.48. The van der Waals surface area contributed by atoms with E-state index >= 15 is 0 Å². The maximum Gasteiger partial charge on any atom is 0.118 e. The smallest absolute Gasteiger partial charge is 0.118 e. The normalized spacial score (nSPS) is 18.6. The molecule has 1 aliphatic heterocycles. The third kappa shape index (κ3) is 3.72. The summed E-state index contributed by atoms with van der Waals surface area (Å²) in [6, 6.07) is 7.69. The average molecular weight is 249 g/mol. The molecular formula is C15H23NO2. The highest BCUT2D eigenvalue weighted by Crippen LogP contribution is 2.21. The van der Waals surface area contributed by atoms with Crippen LogP contribution in [-0.4, -0.2) is 36.8 Å². The molecular weight excluding hydrogens is 226 g/mol. The van der Waals surface area contributed by atoms with Gasteiger partial charge in [-0.2, -0.15) is 0 Å². The van der Waals surface area contributed by atoms with E-state index in [1.165, 1.54) is 32.4 Å². The van der Waals surface area contributed by atoms with Crippen molar-refractivity contribution in [1.82, 2.24) is 4.90 Å². The zero-order valence-electron chi connectivity index (χ0n) is 11.1. The van der Waals surface area contributed by atoms with Gasteiger partial charge in [0.15, 0.2) is 0 Å². The van der Waals surface area contributed by atoms with Crippen LogP contribution in [0.25, 0.3) is 0 Å². The van der Waals surface area contributed by atoms with Crippen LogP contribution in [0.3, 0.4) is 0 Å². The lowest BCUT2D eigenvalue weighted by Crippen LogP contribution is -2.31. The highest BCUT2D eigenvalue weighted by Gasteiger charge is 2.13. The van der Waals surface area contributed by atoms with Crippen molar-refractivity contribution in [3.8, 4) is 5.75 Å². The van der Waals surface area contributed by atoms with E-state index in [1.54, 1.807) is 7.11 Å². The van der Waals surface area contributed by atoms with Gasteiger partial charge in [0, 0.05) is 6.54 Å². The Morgan fingerprint density at radius 2 is 1.83 bits per heavy atom. The first kappa shape index (κ1) is 13.4. The Kier molecular flexibility index (Phi) is 5.02. The first-order valence-electron chi connectivity index (χ1n) is 6.84. The second kappa shape index (κ2) is 6.76. The van der Waals surface area contributed by atoms with Gasteiger partial charge in [0.05, 0.1) is 13.2 Å². The van der Waals surface area contributed by atoms with E-state index in [2.05, 4.69) is 4.90 Å². The summed E-state index contributed by atoms with van der Waals surface area (Å²) in [5.41, 5.74) is 0.979. The molecule has 1 fully saturated rings. The number of nitrogens with zero attached hydrogens (tertiary/aromatic N) is 1. The minimum Gasteiger partial charge on any atom is -0.497 e. The Bertz CT molecular complexity index is 344. The van der Waals surface area contributed by atoms with Crippen molar-refractivity contribution in [3.05, 3.63) is 29.8 Å². The number of hydrogen-bond acceptors (Lipinski definition) is 3. The maximum atomic E-state index is 10.1. The molecule has 18 heavy (non-hydrogen) atoms. The molecule has 0 aliphatic carbocycles. The van der Waals surface area contributed by atoms with E-state index in [-0.39, 0.29) is 6.10 Å². The number of rotatable bonds is 5. The lowest BCUT2D eigenvalue weighted by molar-refractivity contribution is 0.134. The first-order chi connectivity index (χ1) is 8.79. The number of hydrogen-bond donors (Lipinski definition) is 1. The van der Waals surface area contributed by atoms with Crippen molar-refractivity contribution in [2.75, 3.05) is 26.7 Å². The predicted molar refractivity (Wildman–Crippen MR) is 72.9 cm³/mol. The topological polar surface area (TPSA) is 32.7 Å². The van der Waals surface area contributed by atoms with Gasteiger partial charge in [-0.1, -0.05) is 18.6 Å². The molecule has 2 rings (SSSR count). The largest absolute Gasteiger partial charge is 0.497 e. The highest BCUT2D eigenvalue weighted by atomic mass is 16.5. The van der Waals surface area contributed by atoms with Gasteiger partial charge in [-0.15, -0.1) is 0 Å². The Morgan fingerprint density at radius 3 is 2.44 bits per heavy atom. The van der Waals surface area contributed by atoms with Gasteiger partial charge in [0.2, 0.25) is 0 Å². The standard InChI is InChI=1S/C15H23NO2/c1-18-14-7-5-13(6-8-14)15(17)9-12-16-10-3-2-4-11-16/h5-8,15,17H,2-4,9-12H2,1H3/t15-/m1/s1. The van der Waals surface area contributed by atoms with Crippen molar-refractivity contribution in [1.29, 1.82) is 0 Å². The van der Waals surface area contributed by atoms with Crippen molar-refractivity contribution in [2.45, 2.75) is 31.8 Å². The monoisotopic (exact) mass is 249 g/mol. The predicted octanol–water partition coefficient (Wildman–Crippen LogP) is 2.60. The van der Waals surface area contributed by atoms with E-state index in [9.17, 15) is 5.11 Å². The molecule has 3 heteroatoms. The van der Waals surface area contributed by atoms with Crippen LogP contribution < -0.4 is 4.74 Å². The minimum absolute atomic E-state index is 0.363. The molecule has 1 aromatic rings. The Balaban J connectivity index is 1.80. The van der Waals surface area contributed by atoms with Crippen molar-refractivity contribution in [2.24, 2.45) is 0 Å². The fourth-order valence-corrected chi connectivity index (χ4v) is 2.48. The molecule has 0 saturated carbocycles. The van der Waals surface area contributed by atoms with Crippen LogP contribution in [0.5, 0.6) is 5.75 Å². The molecule has 1 saturated heterocycles. The summed E-state index contributed by atoms with van der Waals surface area (Å²) in [5.74, 6) is 0.835. The SMILES string of the molecule is COc1ccc([C@H](O)CCN2CCCCC2)cc1. The van der Waals surface area contributed by atoms with Gasteiger partial charge in [0.1, 0.15) is 5.75 Å². The molecule has 0 spiro atoms. The fraction of sp³-hybridized carbons (Fsp3) is 0.600. The van der Waals surface area contributed by atoms with Gasteiger partial charge >= 0.3 is 0 Å². The molecule has 0 bridgehead atoms. The molecule has 1 aromatic carbocycles. The van der Waals surface area contributed by atoms with Gasteiger partial charge in [-0.05, 0) is 50.0 Å². The van der Waals surface area contributed by atoms with Crippen molar-refractivity contribution < 1.29 is 9.84 Å². The minimum atomic E-state index is -0.363. The molecule has 1 heterocycles. The zero-order chi connectivity index (χ0) is 12.8. The molecule has 0 radical (unpaired) electrons. The number of benzene rings is 1. The molecule has 1 N–H and O–H groups in total. The molecule has 0 unspecified atom stereocenters. The Labute approximate surface area is 109 Å². The Morgan fingerprint density at radius 1 is 1.17 bits per heavy atom. The highest BCUT2D eigenvalue weighted by molar-refractivity contribution is 5.28. The van der Waals surface area contributed by atoms with Gasteiger partial charge in [-0.25, -0.2) is 0 Å². The van der Waals surface area contributed by atoms with Crippen LogP contribution in [0.15, 0.2) is 24.3 Å². The Hall–Kier alpha value is -1.06. The second-order valence-corrected chi connectivity index (χ2v) is 4.98. The van der Waals surface area contributed by atoms with E-state index in [0.717, 1.165) is 24.3 Å². The van der Waals surface area contributed by atoms with E-state index < -0.39 is 0 Å². The van der Waals surface area contributed by atoms with Gasteiger partial charge < -0.3 is 14.7 Å². The summed E-state index contributed by atoms with van der Waals surface area (Å²) in [6.45, 7) is 3.37. The zero-order valence-corrected chi connectivity index (χ0v) is 11.1. The molecule has 3 nitrogen and oxygen atoms in total. The number of aliphatic hydroxyl groups excluding tert-OH is 1. The van der Waals surface area contributed by atoms with Gasteiger partial charge in [0.25, 0.3) is 0 Å². The molecule has 0 aromatic heterocycles. The molecule has 1 aliphatic rings. The van der Waals surface area contributed by atoms with E-state index in [4.69, 9.17) is 4.74 Å². The maximum absolute atomic E-state index is 10.1. The average Bonchev–Trinajstić information content (AvgIpc) is 2.46. The summed E-state index contributed by atoms with van der Waals surface area (Å²) < 4.78 is 5.11. The molecule has 1 atom stereocenters. The third-order valence-corrected chi connectivity index (χ3v) is 3.67. The third-order valence-electron chi connectivity index (χ3n) is 3.67. The van der Waals surface area contributed by atoms with Crippen molar-refractivity contribution >= 4 is 0 Å². The summed E-state index contributed by atoms with van der Waals surface area (Å²) >= 11 is 0. The van der Waals surface area contributed by atoms with Crippen LogP contribution in [0.1, 0.15) is 37.4 Å². The molecule has 0 amide bonds. The molecule has 100 valence electrons. The number of aliphatic hydroxyl groups is 1. The van der Waals surface area contributed by atoms with Crippen LogP contribution in [-0.2, 0) is 0 Å². The lowest BCUT2D eigenvalue weighted by Gasteiger charge is -2.27. The second-order valence-electron chi connectivity index (χ2n) is 4.98. The summed E-state index contributed by atoms with van der Waals surface area (Å²) in [4.78, 5) is 2.45. The summed E-state index contributed by atoms with van der Waals surface area (Å²) in [6.07, 6.45) is 4.42. The summed E-state index contributed by atoms with van der Waals surface area (Å²) in [7, 11) is 1.65. The van der Waals surface area contributed by atoms with Crippen LogP contribution in [0.2, 0.25) is 0 Å². The summed E-state index contributed by atoms with van der Waals surface area (Å²) in [5, 5.41) is 10.1. The van der Waals surface area contributed by atoms with Gasteiger partial charge in [-0.3, -0.25) is 0 Å². The lowest BCUT2D eigenvalue weighted by atomic mass is 10.1. The van der Waals surface area contributed by atoms with E-state index in [0.29, 0.717) is 0 Å². The van der Waals surface area contributed by atoms with Crippen molar-refractivity contribution in [3.63, 3.8) is 0 Å². The number of piperidine rings is 1.